The highest BCUT2D eigenvalue weighted by Gasteiger charge is 2.25. The van der Waals surface area contributed by atoms with Crippen molar-refractivity contribution < 1.29 is 7.86 Å². The van der Waals surface area contributed by atoms with E-state index in [4.69, 9.17) is 14.7 Å². The molecule has 0 aromatic heterocycles. The van der Waals surface area contributed by atoms with Gasteiger partial charge >= 0.3 is 5.97 Å². The van der Waals surface area contributed by atoms with Crippen molar-refractivity contribution in [3.63, 3.8) is 0 Å². The number of rotatable bonds is 3. The zero-order valence-electron chi connectivity index (χ0n) is 8.41. The number of hydrogen-bond acceptors (Lipinski definition) is 3. The summed E-state index contributed by atoms with van der Waals surface area (Å²) in [4.78, 5) is 13.3. The Labute approximate surface area is 108 Å². The van der Waals surface area contributed by atoms with Crippen LogP contribution in [0.3, 0.4) is 0 Å². The van der Waals surface area contributed by atoms with Crippen molar-refractivity contribution in [1.82, 2.24) is 4.90 Å². The van der Waals surface area contributed by atoms with Crippen molar-refractivity contribution in [2.24, 2.45) is 0 Å². The second-order valence-electron chi connectivity index (χ2n) is 3.28. The minimum Gasteiger partial charge on any atom is -0.393 e. The van der Waals surface area contributed by atoms with Crippen molar-refractivity contribution in [3.8, 4) is 0 Å². The van der Waals surface area contributed by atoms with Gasteiger partial charge in [0.05, 0.1) is 0 Å². The topological polar surface area (TPSA) is 29.5 Å². The van der Waals surface area contributed by atoms with Gasteiger partial charge in [0.1, 0.15) is 6.04 Å². The predicted octanol–water partition coefficient (Wildman–Crippen LogP) is 2.84. The SMILES string of the molecule is CN(C)C(C(=O)OI)c1ccccc1Cl. The third kappa shape index (κ3) is 3.06. The quantitative estimate of drug-likeness (QED) is 0.793. The molecule has 5 heteroatoms. The molecule has 3 nitrogen and oxygen atoms in total. The Balaban J connectivity index is 3.10. The molecule has 1 unspecified atom stereocenters. The first kappa shape index (κ1) is 12.7. The molecule has 82 valence electrons. The van der Waals surface area contributed by atoms with Crippen LogP contribution in [0.15, 0.2) is 24.3 Å². The standard InChI is InChI=1S/C10H11ClINO2/c1-13(2)9(10(14)15-12)7-5-3-4-6-8(7)11/h3-6,9H,1-2H3. The average Bonchev–Trinajstić information content (AvgIpc) is 2.20. The highest BCUT2D eigenvalue weighted by Crippen LogP contribution is 2.27. The summed E-state index contributed by atoms with van der Waals surface area (Å²) in [6, 6.07) is 6.79. The van der Waals surface area contributed by atoms with Crippen molar-refractivity contribution in [2.45, 2.75) is 6.04 Å². The van der Waals surface area contributed by atoms with E-state index >= 15 is 0 Å². The van der Waals surface area contributed by atoms with Crippen LogP contribution >= 0.6 is 34.6 Å². The first-order valence-corrected chi connectivity index (χ1v) is 5.57. The Morgan fingerprint density at radius 1 is 1.47 bits per heavy atom. The first-order chi connectivity index (χ1) is 7.07. The molecular formula is C10H11ClINO2. The van der Waals surface area contributed by atoms with Crippen LogP contribution in [0.5, 0.6) is 0 Å². The van der Waals surface area contributed by atoms with Crippen LogP contribution in [-0.4, -0.2) is 25.0 Å². The summed E-state index contributed by atoms with van der Waals surface area (Å²) < 4.78 is 4.71. The van der Waals surface area contributed by atoms with Gasteiger partial charge < -0.3 is 3.07 Å². The average molecular weight is 340 g/mol. The van der Waals surface area contributed by atoms with Crippen LogP contribution in [0.4, 0.5) is 0 Å². The number of hydrogen-bond donors (Lipinski definition) is 0. The lowest BCUT2D eigenvalue weighted by Crippen LogP contribution is -2.28. The van der Waals surface area contributed by atoms with Gasteiger partial charge in [0.15, 0.2) is 23.0 Å². The van der Waals surface area contributed by atoms with Gasteiger partial charge in [-0.05, 0) is 25.7 Å². The molecule has 0 aliphatic carbocycles. The number of likely N-dealkylation sites (N-methyl/N-ethyl adjacent to an activating group) is 1. The minimum atomic E-state index is -0.462. The molecule has 1 rings (SSSR count). The van der Waals surface area contributed by atoms with Crippen LogP contribution < -0.4 is 0 Å². The lowest BCUT2D eigenvalue weighted by Gasteiger charge is -2.22. The summed E-state index contributed by atoms with van der Waals surface area (Å²) >= 11 is 7.61. The first-order valence-electron chi connectivity index (χ1n) is 4.31. The number of halogens is 2. The van der Waals surface area contributed by atoms with E-state index in [1.54, 1.807) is 34.0 Å². The maximum absolute atomic E-state index is 11.6. The largest absolute Gasteiger partial charge is 0.393 e. The molecule has 0 spiro atoms. The normalized spacial score (nSPS) is 12.6. The summed E-state index contributed by atoms with van der Waals surface area (Å²) in [5.74, 6) is -0.325. The Kier molecular flexibility index (Phi) is 4.82. The second-order valence-corrected chi connectivity index (χ2v) is 4.13. The summed E-state index contributed by atoms with van der Waals surface area (Å²) in [6.07, 6.45) is 0. The smallest absolute Gasteiger partial charge is 0.337 e. The Bertz CT molecular complexity index is 357. The molecule has 0 fully saturated rings. The molecule has 15 heavy (non-hydrogen) atoms. The number of benzene rings is 1. The number of carbonyl (C=O) groups excluding carboxylic acids is 1. The van der Waals surface area contributed by atoms with E-state index in [-0.39, 0.29) is 5.97 Å². The van der Waals surface area contributed by atoms with E-state index in [1.165, 1.54) is 0 Å². The van der Waals surface area contributed by atoms with Crippen LogP contribution in [-0.2, 0) is 7.86 Å². The molecule has 0 heterocycles. The minimum absolute atomic E-state index is 0.325. The maximum atomic E-state index is 11.6. The van der Waals surface area contributed by atoms with Gasteiger partial charge in [0.2, 0.25) is 0 Å². The molecular weight excluding hydrogens is 328 g/mol. The Hall–Kier alpha value is -0.330. The summed E-state index contributed by atoms with van der Waals surface area (Å²) in [5.41, 5.74) is 0.755. The summed E-state index contributed by atoms with van der Waals surface area (Å²) in [5, 5.41) is 0.568. The van der Waals surface area contributed by atoms with Crippen molar-refractivity contribution >= 4 is 40.6 Å². The van der Waals surface area contributed by atoms with Gasteiger partial charge in [0, 0.05) is 5.02 Å². The van der Waals surface area contributed by atoms with E-state index in [9.17, 15) is 4.79 Å². The molecule has 0 bridgehead atoms. The van der Waals surface area contributed by atoms with E-state index in [0.717, 1.165) is 5.56 Å². The van der Waals surface area contributed by atoms with Gasteiger partial charge in [-0.15, -0.1) is 0 Å². The van der Waals surface area contributed by atoms with Crippen LogP contribution in [0, 0.1) is 0 Å². The summed E-state index contributed by atoms with van der Waals surface area (Å²) in [6.45, 7) is 0. The molecule has 0 aliphatic heterocycles. The van der Waals surface area contributed by atoms with Gasteiger partial charge in [-0.3, -0.25) is 4.90 Å². The number of nitrogens with zero attached hydrogens (tertiary/aromatic N) is 1. The van der Waals surface area contributed by atoms with Gasteiger partial charge in [-0.1, -0.05) is 29.8 Å². The molecule has 1 aromatic carbocycles. The molecule has 0 saturated heterocycles. The molecule has 1 atom stereocenters. The maximum Gasteiger partial charge on any atom is 0.337 e. The van der Waals surface area contributed by atoms with E-state index in [1.807, 2.05) is 32.3 Å². The lowest BCUT2D eigenvalue weighted by atomic mass is 10.1. The van der Waals surface area contributed by atoms with Gasteiger partial charge in [-0.2, -0.15) is 0 Å². The zero-order chi connectivity index (χ0) is 11.4. The van der Waals surface area contributed by atoms with E-state index in [2.05, 4.69) is 0 Å². The van der Waals surface area contributed by atoms with Gasteiger partial charge in [0.25, 0.3) is 0 Å². The molecule has 0 amide bonds. The van der Waals surface area contributed by atoms with Crippen LogP contribution in [0.2, 0.25) is 5.02 Å². The molecule has 0 N–H and O–H groups in total. The van der Waals surface area contributed by atoms with E-state index < -0.39 is 6.04 Å². The van der Waals surface area contributed by atoms with Crippen molar-refractivity contribution in [1.29, 1.82) is 0 Å². The van der Waals surface area contributed by atoms with Crippen LogP contribution in [0.25, 0.3) is 0 Å². The second kappa shape index (κ2) is 5.67. The predicted molar refractivity (Wildman–Crippen MR) is 68.0 cm³/mol. The third-order valence-electron chi connectivity index (χ3n) is 2.02. The van der Waals surface area contributed by atoms with Crippen molar-refractivity contribution in [2.75, 3.05) is 14.1 Å². The van der Waals surface area contributed by atoms with Gasteiger partial charge in [-0.25, -0.2) is 4.79 Å². The lowest BCUT2D eigenvalue weighted by molar-refractivity contribution is -0.136. The fourth-order valence-corrected chi connectivity index (χ4v) is 1.83. The molecule has 0 radical (unpaired) electrons. The highest BCUT2D eigenvalue weighted by atomic mass is 127. The fourth-order valence-electron chi connectivity index (χ4n) is 1.35. The van der Waals surface area contributed by atoms with Crippen LogP contribution in [0.1, 0.15) is 11.6 Å². The molecule has 0 aliphatic rings. The van der Waals surface area contributed by atoms with Crippen molar-refractivity contribution in [3.05, 3.63) is 34.9 Å². The number of carbonyl (C=O) groups is 1. The third-order valence-corrected chi connectivity index (χ3v) is 2.79. The monoisotopic (exact) mass is 339 g/mol. The molecule has 1 aromatic rings. The zero-order valence-corrected chi connectivity index (χ0v) is 11.3. The summed E-state index contributed by atoms with van der Waals surface area (Å²) in [7, 11) is 3.61. The molecule has 0 saturated carbocycles. The fraction of sp³-hybridized carbons (Fsp3) is 0.300. The Morgan fingerprint density at radius 3 is 2.53 bits per heavy atom. The Morgan fingerprint density at radius 2 is 2.07 bits per heavy atom. The highest BCUT2D eigenvalue weighted by molar-refractivity contribution is 14.1. The van der Waals surface area contributed by atoms with E-state index in [0.29, 0.717) is 5.02 Å².